The molecule has 2 amide bonds. The van der Waals surface area contributed by atoms with Crippen LogP contribution in [-0.2, 0) is 13.0 Å². The van der Waals surface area contributed by atoms with Gasteiger partial charge in [0.15, 0.2) is 11.5 Å². The van der Waals surface area contributed by atoms with E-state index in [1.54, 1.807) is 41.4 Å². The summed E-state index contributed by atoms with van der Waals surface area (Å²) in [5, 5.41) is 11.0. The average Bonchev–Trinajstić information content (AvgIpc) is 3.79. The minimum absolute atomic E-state index is 0.0251. The van der Waals surface area contributed by atoms with Gasteiger partial charge in [-0.1, -0.05) is 36.4 Å². The van der Waals surface area contributed by atoms with Crippen LogP contribution in [0.1, 0.15) is 38.8 Å². The number of carbonyl (C=O) groups is 2. The fraction of sp³-hybridized carbons (Fsp3) is 0.119. The summed E-state index contributed by atoms with van der Waals surface area (Å²) in [4.78, 5) is 37.6. The molecule has 2 aliphatic rings. The molecule has 4 aromatic carbocycles. The largest absolute Gasteiger partial charge is 0.508 e. The van der Waals surface area contributed by atoms with Crippen LogP contribution >= 0.6 is 0 Å². The third-order valence-electron chi connectivity index (χ3n) is 9.85. The number of anilines is 2. The summed E-state index contributed by atoms with van der Waals surface area (Å²) < 4.78 is 13.5. The number of pyridine rings is 2. The lowest BCUT2D eigenvalue weighted by atomic mass is 9.93. The van der Waals surface area contributed by atoms with Crippen LogP contribution in [0.3, 0.4) is 0 Å². The number of nitrogens with zero attached hydrogens (tertiary/aromatic N) is 4. The zero-order valence-electron chi connectivity index (χ0n) is 27.7. The summed E-state index contributed by atoms with van der Waals surface area (Å²) in [6, 6.07) is 35.4. The SMILES string of the molecule is C[C@@H]1Cc2ccccc2CN1C(=O)c1cc2c(cc1-c1cc(C(=O)N(c3ccc(O)cc3)c3ccc4ncccc4c3)c3ccccn13)OCO2. The van der Waals surface area contributed by atoms with Crippen molar-refractivity contribution in [3.8, 4) is 28.5 Å². The van der Waals surface area contributed by atoms with Crippen LogP contribution in [0.5, 0.6) is 17.2 Å². The van der Waals surface area contributed by atoms with Crippen LogP contribution in [0.25, 0.3) is 27.7 Å². The van der Waals surface area contributed by atoms with E-state index in [1.165, 1.54) is 5.56 Å². The van der Waals surface area contributed by atoms with Crippen molar-refractivity contribution in [3.63, 3.8) is 0 Å². The fourth-order valence-corrected chi connectivity index (χ4v) is 7.28. The number of benzene rings is 4. The number of rotatable bonds is 5. The average molecular weight is 673 g/mol. The molecule has 9 nitrogen and oxygen atoms in total. The second-order valence-electron chi connectivity index (χ2n) is 12.9. The van der Waals surface area contributed by atoms with E-state index in [0.717, 1.165) is 22.9 Å². The molecular weight excluding hydrogens is 640 g/mol. The molecule has 5 heterocycles. The monoisotopic (exact) mass is 672 g/mol. The van der Waals surface area contributed by atoms with Crippen molar-refractivity contribution in [2.75, 3.05) is 11.7 Å². The first-order valence-corrected chi connectivity index (χ1v) is 16.8. The minimum atomic E-state index is -0.284. The molecule has 9 rings (SSSR count). The molecule has 0 aliphatic carbocycles. The van der Waals surface area contributed by atoms with Gasteiger partial charge >= 0.3 is 0 Å². The molecule has 0 spiro atoms. The number of carbonyl (C=O) groups excluding carboxylic acids is 2. The summed E-state index contributed by atoms with van der Waals surface area (Å²) in [5.74, 6) is 0.728. The van der Waals surface area contributed by atoms with Crippen LogP contribution in [0.2, 0.25) is 0 Å². The van der Waals surface area contributed by atoms with Gasteiger partial charge in [0.1, 0.15) is 5.75 Å². The summed E-state index contributed by atoms with van der Waals surface area (Å²) in [6.45, 7) is 2.62. The van der Waals surface area contributed by atoms with Crippen molar-refractivity contribution in [2.24, 2.45) is 0 Å². The van der Waals surface area contributed by atoms with E-state index in [0.29, 0.717) is 57.3 Å². The molecule has 1 N–H and O–H groups in total. The van der Waals surface area contributed by atoms with E-state index in [2.05, 4.69) is 24.0 Å². The van der Waals surface area contributed by atoms with Crippen molar-refractivity contribution in [1.82, 2.24) is 14.3 Å². The lowest BCUT2D eigenvalue weighted by Gasteiger charge is -2.35. The van der Waals surface area contributed by atoms with E-state index in [1.807, 2.05) is 88.3 Å². The summed E-state index contributed by atoms with van der Waals surface area (Å²) in [7, 11) is 0. The normalized spacial score (nSPS) is 14.8. The number of phenolic OH excluding ortho intramolecular Hbond substituents is 1. The predicted molar refractivity (Wildman–Crippen MR) is 195 cm³/mol. The quantitative estimate of drug-likeness (QED) is 0.198. The smallest absolute Gasteiger partial charge is 0.265 e. The molecule has 51 heavy (non-hydrogen) atoms. The summed E-state index contributed by atoms with van der Waals surface area (Å²) in [6.07, 6.45) is 4.39. The maximum atomic E-state index is 15.0. The minimum Gasteiger partial charge on any atom is -0.508 e. The third-order valence-corrected chi connectivity index (χ3v) is 9.85. The molecule has 2 aliphatic heterocycles. The summed E-state index contributed by atoms with van der Waals surface area (Å²) in [5.41, 5.74) is 7.26. The van der Waals surface area contributed by atoms with Gasteiger partial charge in [-0.2, -0.15) is 0 Å². The highest BCUT2D eigenvalue weighted by molar-refractivity contribution is 6.16. The molecule has 0 radical (unpaired) electrons. The zero-order valence-corrected chi connectivity index (χ0v) is 27.7. The highest BCUT2D eigenvalue weighted by Gasteiger charge is 2.32. The lowest BCUT2D eigenvalue weighted by Crippen LogP contribution is -2.42. The van der Waals surface area contributed by atoms with Crippen molar-refractivity contribution in [3.05, 3.63) is 150 Å². The Labute approximate surface area is 293 Å². The van der Waals surface area contributed by atoms with Gasteiger partial charge in [-0.25, -0.2) is 0 Å². The van der Waals surface area contributed by atoms with E-state index in [9.17, 15) is 14.7 Å². The third kappa shape index (κ3) is 5.21. The topological polar surface area (TPSA) is 96.6 Å². The first-order chi connectivity index (χ1) is 24.9. The Morgan fingerprint density at radius 2 is 1.57 bits per heavy atom. The maximum Gasteiger partial charge on any atom is 0.265 e. The van der Waals surface area contributed by atoms with Gasteiger partial charge < -0.3 is 23.9 Å². The molecule has 7 aromatic rings. The Balaban J connectivity index is 1.19. The van der Waals surface area contributed by atoms with Crippen molar-refractivity contribution < 1.29 is 24.2 Å². The van der Waals surface area contributed by atoms with Gasteiger partial charge in [-0.05, 0) is 103 Å². The number of ether oxygens (including phenoxy) is 2. The highest BCUT2D eigenvalue weighted by Crippen LogP contribution is 2.42. The second-order valence-corrected chi connectivity index (χ2v) is 12.9. The first-order valence-electron chi connectivity index (χ1n) is 16.8. The van der Waals surface area contributed by atoms with Crippen molar-refractivity contribution in [1.29, 1.82) is 0 Å². The van der Waals surface area contributed by atoms with E-state index >= 15 is 0 Å². The van der Waals surface area contributed by atoms with Gasteiger partial charge in [0, 0.05) is 47.3 Å². The Bertz CT molecular complexity index is 2510. The summed E-state index contributed by atoms with van der Waals surface area (Å²) >= 11 is 0. The van der Waals surface area contributed by atoms with Gasteiger partial charge in [0.25, 0.3) is 11.8 Å². The number of phenols is 1. The molecule has 3 aromatic heterocycles. The van der Waals surface area contributed by atoms with E-state index in [-0.39, 0.29) is 30.4 Å². The molecular formula is C42H32N4O5. The first kappa shape index (κ1) is 30.4. The van der Waals surface area contributed by atoms with Crippen molar-refractivity contribution >= 4 is 39.6 Å². The number of fused-ring (bicyclic) bond motifs is 4. The Morgan fingerprint density at radius 3 is 2.41 bits per heavy atom. The predicted octanol–water partition coefficient (Wildman–Crippen LogP) is 8.15. The Kier molecular flexibility index (Phi) is 7.20. The number of hydrogen-bond acceptors (Lipinski definition) is 6. The van der Waals surface area contributed by atoms with E-state index < -0.39 is 0 Å². The molecule has 0 saturated carbocycles. The van der Waals surface area contributed by atoms with Gasteiger partial charge in [-0.3, -0.25) is 19.5 Å². The Morgan fingerprint density at radius 1 is 0.804 bits per heavy atom. The molecule has 250 valence electrons. The molecule has 0 fully saturated rings. The second kappa shape index (κ2) is 12.1. The van der Waals surface area contributed by atoms with Crippen LogP contribution < -0.4 is 14.4 Å². The van der Waals surface area contributed by atoms with Crippen LogP contribution in [0.15, 0.2) is 128 Å². The lowest BCUT2D eigenvalue weighted by molar-refractivity contribution is 0.0658. The standard InChI is InChI=1S/C42H32N4O5/c1-26-19-27-7-2-3-8-29(27)24-45(26)41(48)34-23-40-39(50-25-51-40)22-33(34)38-21-35(37-10-4-5-18-44(37)38)42(49)46(30-11-14-32(47)15-12-30)31-13-16-36-28(20-31)9-6-17-43-36/h2-18,20-23,26,47H,19,24-25H2,1H3/t26-/m1/s1. The number of aromatic nitrogens is 2. The number of hydrogen-bond donors (Lipinski definition) is 1. The number of amides is 2. The van der Waals surface area contributed by atoms with Gasteiger partial charge in [0.05, 0.1) is 27.9 Å². The fourth-order valence-electron chi connectivity index (χ4n) is 7.28. The highest BCUT2D eigenvalue weighted by atomic mass is 16.7. The van der Waals surface area contributed by atoms with Gasteiger partial charge in [-0.15, -0.1) is 0 Å². The van der Waals surface area contributed by atoms with Crippen LogP contribution in [-0.4, -0.2) is 44.0 Å². The van der Waals surface area contributed by atoms with Crippen molar-refractivity contribution in [2.45, 2.75) is 25.9 Å². The maximum absolute atomic E-state index is 15.0. The van der Waals surface area contributed by atoms with Gasteiger partial charge in [0.2, 0.25) is 6.79 Å². The van der Waals surface area contributed by atoms with E-state index in [4.69, 9.17) is 9.47 Å². The zero-order chi connectivity index (χ0) is 34.6. The van der Waals surface area contributed by atoms with Crippen LogP contribution in [0.4, 0.5) is 11.4 Å². The molecule has 1 atom stereocenters. The molecule has 0 saturated heterocycles. The Hall–Kier alpha value is -6.61. The number of aromatic hydroxyl groups is 1. The molecule has 9 heteroatoms. The molecule has 0 bridgehead atoms. The van der Waals surface area contributed by atoms with Crippen LogP contribution in [0, 0.1) is 0 Å². The molecule has 0 unspecified atom stereocenters.